The van der Waals surface area contributed by atoms with Gasteiger partial charge in [-0.2, -0.15) is 4.31 Å². The zero-order valence-electron chi connectivity index (χ0n) is 18.7. The molecule has 4 rings (SSSR count). The van der Waals surface area contributed by atoms with Crippen LogP contribution in [0, 0.1) is 0 Å². The third kappa shape index (κ3) is 4.92. The number of halogens is 2. The van der Waals surface area contributed by atoms with Crippen molar-refractivity contribution >= 4 is 49.7 Å². The van der Waals surface area contributed by atoms with E-state index in [1.807, 2.05) is 17.5 Å². The normalized spacial score (nSPS) is 14.8. The summed E-state index contributed by atoms with van der Waals surface area (Å²) in [5.74, 6) is 1.61. The average molecular weight is 544 g/mol. The van der Waals surface area contributed by atoms with E-state index in [2.05, 4.69) is 4.90 Å². The highest BCUT2D eigenvalue weighted by atomic mass is 35.5. The molecule has 0 amide bonds. The van der Waals surface area contributed by atoms with Gasteiger partial charge in [0.15, 0.2) is 16.6 Å². The van der Waals surface area contributed by atoms with Crippen molar-refractivity contribution in [2.75, 3.05) is 52.4 Å². The first-order valence-electron chi connectivity index (χ1n) is 10.2. The topological polar surface area (TPSA) is 81.2 Å². The number of piperazine rings is 1. The predicted octanol–water partition coefficient (Wildman–Crippen LogP) is 4.65. The molecule has 2 heterocycles. The van der Waals surface area contributed by atoms with Crippen LogP contribution in [0.5, 0.6) is 17.2 Å². The van der Waals surface area contributed by atoms with Gasteiger partial charge in [0.1, 0.15) is 0 Å². The summed E-state index contributed by atoms with van der Waals surface area (Å²) in [6, 6.07) is 8.04. The first-order valence-corrected chi connectivity index (χ1v) is 13.3. The van der Waals surface area contributed by atoms with Gasteiger partial charge in [0, 0.05) is 47.2 Å². The summed E-state index contributed by atoms with van der Waals surface area (Å²) in [6.45, 7) is 1.67. The Kier molecular flexibility index (Phi) is 7.44. The van der Waals surface area contributed by atoms with Crippen molar-refractivity contribution in [2.45, 2.75) is 4.90 Å². The van der Waals surface area contributed by atoms with Crippen molar-refractivity contribution in [1.82, 2.24) is 9.29 Å². The molecule has 0 radical (unpaired) electrons. The van der Waals surface area contributed by atoms with Crippen molar-refractivity contribution < 1.29 is 22.6 Å². The Hall–Kier alpha value is -2.24. The lowest BCUT2D eigenvalue weighted by Crippen LogP contribution is -2.48. The van der Waals surface area contributed by atoms with Crippen LogP contribution in [-0.2, 0) is 10.0 Å². The van der Waals surface area contributed by atoms with E-state index < -0.39 is 10.0 Å². The lowest BCUT2D eigenvalue weighted by atomic mass is 10.1. The van der Waals surface area contributed by atoms with Crippen LogP contribution in [0.1, 0.15) is 0 Å². The standard InChI is InChI=1S/C22H23Cl2N3O5S2/c1-30-19-8-14(9-20(31-2)21(19)32-3)18-13-33-22(25-18)26-4-6-27(7-5-26)34(28,29)17-11-15(23)10-16(24)12-17/h8-13H,4-7H2,1-3H3. The Morgan fingerprint density at radius 1 is 0.882 bits per heavy atom. The fraction of sp³-hybridized carbons (Fsp3) is 0.318. The molecule has 1 fully saturated rings. The third-order valence-electron chi connectivity index (χ3n) is 5.44. The Morgan fingerprint density at radius 3 is 2.00 bits per heavy atom. The molecular weight excluding hydrogens is 521 g/mol. The summed E-state index contributed by atoms with van der Waals surface area (Å²) in [7, 11) is 1.00. The van der Waals surface area contributed by atoms with Crippen molar-refractivity contribution in [3.63, 3.8) is 0 Å². The van der Waals surface area contributed by atoms with E-state index in [0.29, 0.717) is 43.4 Å². The largest absolute Gasteiger partial charge is 0.493 e. The highest BCUT2D eigenvalue weighted by Crippen LogP contribution is 2.42. The van der Waals surface area contributed by atoms with Gasteiger partial charge in [-0.15, -0.1) is 11.3 Å². The SMILES string of the molecule is COc1cc(-c2csc(N3CCN(S(=O)(=O)c4cc(Cl)cc(Cl)c4)CC3)n2)cc(OC)c1OC. The Labute approximate surface area is 212 Å². The third-order valence-corrected chi connectivity index (χ3v) is 8.65. The van der Waals surface area contributed by atoms with Crippen LogP contribution in [-0.4, -0.2) is 65.2 Å². The van der Waals surface area contributed by atoms with Gasteiger partial charge in [0.25, 0.3) is 0 Å². The molecule has 0 N–H and O–H groups in total. The minimum absolute atomic E-state index is 0.0948. The van der Waals surface area contributed by atoms with Gasteiger partial charge in [-0.05, 0) is 30.3 Å². The maximum atomic E-state index is 13.0. The molecule has 12 heteroatoms. The maximum absolute atomic E-state index is 13.0. The number of hydrogen-bond acceptors (Lipinski definition) is 8. The molecule has 1 aromatic heterocycles. The highest BCUT2D eigenvalue weighted by molar-refractivity contribution is 7.89. The number of anilines is 1. The average Bonchev–Trinajstić information content (AvgIpc) is 3.33. The van der Waals surface area contributed by atoms with Gasteiger partial charge in [0.2, 0.25) is 15.8 Å². The van der Waals surface area contributed by atoms with E-state index in [4.69, 9.17) is 42.4 Å². The van der Waals surface area contributed by atoms with Crippen LogP contribution in [0.15, 0.2) is 40.6 Å². The number of hydrogen-bond donors (Lipinski definition) is 0. The summed E-state index contributed by atoms with van der Waals surface area (Å²) in [5.41, 5.74) is 1.60. The molecule has 34 heavy (non-hydrogen) atoms. The van der Waals surface area contributed by atoms with Crippen LogP contribution in [0.4, 0.5) is 5.13 Å². The molecule has 2 aromatic carbocycles. The second-order valence-corrected chi connectivity index (χ2v) is 11.1. The minimum atomic E-state index is -3.69. The number of benzene rings is 2. The van der Waals surface area contributed by atoms with E-state index in [1.165, 1.54) is 33.8 Å². The predicted molar refractivity (Wildman–Crippen MR) is 135 cm³/mol. The molecule has 1 aliphatic heterocycles. The van der Waals surface area contributed by atoms with Crippen molar-refractivity contribution in [2.24, 2.45) is 0 Å². The molecular formula is C22H23Cl2N3O5S2. The maximum Gasteiger partial charge on any atom is 0.243 e. The number of methoxy groups -OCH3 is 3. The summed E-state index contributed by atoms with van der Waals surface area (Å²) >= 11 is 13.5. The summed E-state index contributed by atoms with van der Waals surface area (Å²) in [6.07, 6.45) is 0. The van der Waals surface area contributed by atoms with E-state index in [0.717, 1.165) is 16.4 Å². The number of nitrogens with zero attached hydrogens (tertiary/aromatic N) is 3. The molecule has 182 valence electrons. The first-order chi connectivity index (χ1) is 16.3. The molecule has 1 saturated heterocycles. The second-order valence-electron chi connectivity index (χ2n) is 7.43. The monoisotopic (exact) mass is 543 g/mol. The summed E-state index contributed by atoms with van der Waals surface area (Å²) in [5, 5.41) is 3.33. The Morgan fingerprint density at radius 2 is 1.47 bits per heavy atom. The Balaban J connectivity index is 1.50. The smallest absolute Gasteiger partial charge is 0.243 e. The molecule has 0 aliphatic carbocycles. The number of thiazole rings is 1. The number of aromatic nitrogens is 1. The first kappa shape index (κ1) is 24.9. The number of ether oxygens (including phenoxy) is 3. The Bertz CT molecular complexity index is 1250. The fourth-order valence-electron chi connectivity index (χ4n) is 3.72. The number of sulfonamides is 1. The molecule has 0 atom stereocenters. The van der Waals surface area contributed by atoms with E-state index in [9.17, 15) is 8.42 Å². The zero-order chi connectivity index (χ0) is 24.5. The van der Waals surface area contributed by atoms with Crippen LogP contribution < -0.4 is 19.1 Å². The van der Waals surface area contributed by atoms with Gasteiger partial charge in [-0.25, -0.2) is 13.4 Å². The quantitative estimate of drug-likeness (QED) is 0.428. The lowest BCUT2D eigenvalue weighted by Gasteiger charge is -2.33. The van der Waals surface area contributed by atoms with E-state index in [1.54, 1.807) is 21.3 Å². The van der Waals surface area contributed by atoms with Gasteiger partial charge in [-0.3, -0.25) is 0 Å². The van der Waals surface area contributed by atoms with Crippen molar-refractivity contribution in [3.8, 4) is 28.5 Å². The number of rotatable bonds is 7. The molecule has 0 bridgehead atoms. The van der Waals surface area contributed by atoms with Crippen LogP contribution in [0.2, 0.25) is 10.0 Å². The fourth-order valence-corrected chi connectivity index (χ4v) is 6.76. The van der Waals surface area contributed by atoms with Crippen molar-refractivity contribution in [3.05, 3.63) is 45.8 Å². The molecule has 3 aromatic rings. The zero-order valence-corrected chi connectivity index (χ0v) is 21.9. The molecule has 8 nitrogen and oxygen atoms in total. The van der Waals surface area contributed by atoms with Crippen LogP contribution in [0.3, 0.4) is 0 Å². The van der Waals surface area contributed by atoms with Gasteiger partial charge >= 0.3 is 0 Å². The molecule has 0 saturated carbocycles. The van der Waals surface area contributed by atoms with Gasteiger partial charge in [0.05, 0.1) is 31.9 Å². The van der Waals surface area contributed by atoms with Crippen molar-refractivity contribution in [1.29, 1.82) is 0 Å². The molecule has 1 aliphatic rings. The summed E-state index contributed by atoms with van der Waals surface area (Å²) < 4.78 is 43.8. The molecule has 0 unspecified atom stereocenters. The van der Waals surface area contributed by atoms with E-state index >= 15 is 0 Å². The molecule has 0 spiro atoms. The lowest BCUT2D eigenvalue weighted by molar-refractivity contribution is 0.324. The second kappa shape index (κ2) is 10.2. The summed E-state index contributed by atoms with van der Waals surface area (Å²) in [4.78, 5) is 6.94. The van der Waals surface area contributed by atoms with E-state index in [-0.39, 0.29) is 14.9 Å². The van der Waals surface area contributed by atoms with Crippen LogP contribution in [0.25, 0.3) is 11.3 Å². The van der Waals surface area contributed by atoms with Crippen LogP contribution >= 0.6 is 34.5 Å². The van der Waals surface area contributed by atoms with Gasteiger partial charge < -0.3 is 19.1 Å². The minimum Gasteiger partial charge on any atom is -0.493 e. The van der Waals surface area contributed by atoms with Gasteiger partial charge in [-0.1, -0.05) is 23.2 Å². The highest BCUT2D eigenvalue weighted by Gasteiger charge is 2.30.